The van der Waals surface area contributed by atoms with Gasteiger partial charge in [-0.3, -0.25) is 4.79 Å². The molecule has 0 saturated carbocycles. The Bertz CT molecular complexity index is 924. The van der Waals surface area contributed by atoms with Crippen LogP contribution in [0.4, 0.5) is 5.69 Å². The van der Waals surface area contributed by atoms with Crippen molar-refractivity contribution in [1.29, 1.82) is 0 Å². The fourth-order valence-corrected chi connectivity index (χ4v) is 4.07. The Morgan fingerprint density at radius 2 is 2.27 bits per heavy atom. The van der Waals surface area contributed by atoms with Crippen molar-refractivity contribution in [1.82, 2.24) is 14.8 Å². The molecule has 2 aromatic heterocycles. The molecule has 0 saturated heterocycles. The maximum Gasteiger partial charge on any atom is 0.234 e. The molecule has 0 fully saturated rings. The van der Waals surface area contributed by atoms with Gasteiger partial charge in [-0.05, 0) is 30.5 Å². The number of anilines is 1. The second-order valence-electron chi connectivity index (χ2n) is 5.44. The van der Waals surface area contributed by atoms with Crippen molar-refractivity contribution in [2.75, 3.05) is 17.9 Å². The lowest BCUT2D eigenvalue weighted by molar-refractivity contribution is -0.113. The number of nitrogens with one attached hydrogen (secondary N) is 1. The lowest BCUT2D eigenvalue weighted by Crippen LogP contribution is -2.15. The Morgan fingerprint density at radius 1 is 1.35 bits per heavy atom. The first-order valence-corrected chi connectivity index (χ1v) is 9.96. The van der Waals surface area contributed by atoms with Crippen molar-refractivity contribution in [3.8, 4) is 22.9 Å². The van der Waals surface area contributed by atoms with Crippen molar-refractivity contribution in [3.63, 3.8) is 0 Å². The maximum absolute atomic E-state index is 12.3. The van der Waals surface area contributed by atoms with Crippen LogP contribution in [0.1, 0.15) is 6.92 Å². The fraction of sp³-hybridized carbons (Fsp3) is 0.235. The number of fused-ring (bicyclic) bond motifs is 1. The van der Waals surface area contributed by atoms with Gasteiger partial charge < -0.3 is 19.4 Å². The number of amides is 1. The zero-order valence-corrected chi connectivity index (χ0v) is 15.6. The summed E-state index contributed by atoms with van der Waals surface area (Å²) in [6.45, 7) is 2.94. The monoisotopic (exact) mass is 388 g/mol. The molecule has 1 aromatic carbocycles. The van der Waals surface area contributed by atoms with Crippen LogP contribution in [0.2, 0.25) is 0 Å². The van der Waals surface area contributed by atoms with Gasteiger partial charge in [0.05, 0.1) is 11.4 Å². The first-order valence-electron chi connectivity index (χ1n) is 8.03. The summed E-state index contributed by atoms with van der Waals surface area (Å²) in [6, 6.07) is 7.43. The molecule has 3 aromatic rings. The number of carbonyl (C=O) groups excluding carboxylic acids is 1. The van der Waals surface area contributed by atoms with Crippen LogP contribution in [-0.4, -0.2) is 33.2 Å². The standard InChI is InChI=1S/C17H16N4O3S2/c1-2-21-16(11-6-7-25-8-11)19-20-17(21)26-9-14(22)18-12-4-3-5-13-15(12)24-10-23-13/h3-8H,2,9-10H2,1H3,(H,18,22). The minimum absolute atomic E-state index is 0.137. The number of hydrogen-bond donors (Lipinski definition) is 1. The highest BCUT2D eigenvalue weighted by Gasteiger charge is 2.19. The van der Waals surface area contributed by atoms with Gasteiger partial charge >= 0.3 is 0 Å². The normalized spacial score (nSPS) is 12.3. The van der Waals surface area contributed by atoms with Gasteiger partial charge in [-0.2, -0.15) is 11.3 Å². The molecule has 134 valence electrons. The Labute approximate surface area is 158 Å². The highest BCUT2D eigenvalue weighted by atomic mass is 32.2. The molecule has 0 atom stereocenters. The second-order valence-corrected chi connectivity index (χ2v) is 7.16. The molecular formula is C17H16N4O3S2. The highest BCUT2D eigenvalue weighted by molar-refractivity contribution is 7.99. The Morgan fingerprint density at radius 3 is 3.08 bits per heavy atom. The third-order valence-electron chi connectivity index (χ3n) is 3.82. The number of para-hydroxylation sites is 1. The molecule has 1 N–H and O–H groups in total. The number of ether oxygens (including phenoxy) is 2. The molecular weight excluding hydrogens is 372 g/mol. The summed E-state index contributed by atoms with van der Waals surface area (Å²) in [7, 11) is 0. The van der Waals surface area contributed by atoms with Crippen LogP contribution in [0, 0.1) is 0 Å². The first kappa shape index (κ1) is 16.9. The predicted molar refractivity (Wildman–Crippen MR) is 101 cm³/mol. The van der Waals surface area contributed by atoms with E-state index in [9.17, 15) is 4.79 Å². The van der Waals surface area contributed by atoms with E-state index in [0.717, 1.165) is 23.1 Å². The third-order valence-corrected chi connectivity index (χ3v) is 5.47. The van der Waals surface area contributed by atoms with Crippen LogP contribution in [0.15, 0.2) is 40.2 Å². The lowest BCUT2D eigenvalue weighted by Gasteiger charge is -2.08. The van der Waals surface area contributed by atoms with E-state index in [1.807, 2.05) is 40.5 Å². The van der Waals surface area contributed by atoms with E-state index in [1.54, 1.807) is 17.4 Å². The van der Waals surface area contributed by atoms with Gasteiger partial charge in [0.25, 0.3) is 0 Å². The van der Waals surface area contributed by atoms with E-state index in [1.165, 1.54) is 11.8 Å². The van der Waals surface area contributed by atoms with Crippen LogP contribution < -0.4 is 14.8 Å². The van der Waals surface area contributed by atoms with Crippen LogP contribution in [0.3, 0.4) is 0 Å². The predicted octanol–water partition coefficient (Wildman–Crippen LogP) is 3.49. The molecule has 1 amide bonds. The topological polar surface area (TPSA) is 78.3 Å². The van der Waals surface area contributed by atoms with Crippen molar-refractivity contribution >= 4 is 34.7 Å². The summed E-state index contributed by atoms with van der Waals surface area (Å²) in [5.74, 6) is 2.13. The maximum atomic E-state index is 12.3. The highest BCUT2D eigenvalue weighted by Crippen LogP contribution is 2.38. The SMILES string of the molecule is CCn1c(SCC(=O)Nc2cccc3c2OCO3)nnc1-c1ccsc1. The molecule has 26 heavy (non-hydrogen) atoms. The molecule has 0 spiro atoms. The molecule has 3 heterocycles. The molecule has 0 radical (unpaired) electrons. The average Bonchev–Trinajstić information content (AvgIpc) is 3.38. The molecule has 7 nitrogen and oxygen atoms in total. The zero-order valence-electron chi connectivity index (χ0n) is 14.0. The summed E-state index contributed by atoms with van der Waals surface area (Å²) in [5, 5.41) is 16.1. The number of thiophene rings is 1. The Kier molecular flexibility index (Phi) is 4.81. The Hall–Kier alpha value is -2.52. The minimum Gasteiger partial charge on any atom is -0.454 e. The van der Waals surface area contributed by atoms with E-state index < -0.39 is 0 Å². The molecule has 9 heteroatoms. The summed E-state index contributed by atoms with van der Waals surface area (Å²) >= 11 is 2.98. The van der Waals surface area contributed by atoms with Crippen molar-refractivity contribution < 1.29 is 14.3 Å². The van der Waals surface area contributed by atoms with E-state index in [2.05, 4.69) is 15.5 Å². The second kappa shape index (κ2) is 7.38. The Balaban J connectivity index is 1.43. The van der Waals surface area contributed by atoms with Gasteiger partial charge in [-0.25, -0.2) is 0 Å². The third kappa shape index (κ3) is 3.27. The van der Waals surface area contributed by atoms with E-state index in [0.29, 0.717) is 17.2 Å². The number of rotatable bonds is 6. The quantitative estimate of drug-likeness (QED) is 0.652. The van der Waals surface area contributed by atoms with Crippen molar-refractivity contribution in [3.05, 3.63) is 35.0 Å². The number of benzene rings is 1. The molecule has 0 aliphatic carbocycles. The lowest BCUT2D eigenvalue weighted by atomic mass is 10.2. The average molecular weight is 388 g/mol. The number of carbonyl (C=O) groups is 1. The van der Waals surface area contributed by atoms with Gasteiger partial charge in [0, 0.05) is 17.5 Å². The molecule has 4 rings (SSSR count). The van der Waals surface area contributed by atoms with Gasteiger partial charge in [-0.1, -0.05) is 17.8 Å². The van der Waals surface area contributed by atoms with Crippen LogP contribution in [-0.2, 0) is 11.3 Å². The smallest absolute Gasteiger partial charge is 0.234 e. The number of thioether (sulfide) groups is 1. The van der Waals surface area contributed by atoms with Crippen LogP contribution in [0.5, 0.6) is 11.5 Å². The number of hydrogen-bond acceptors (Lipinski definition) is 7. The van der Waals surface area contributed by atoms with E-state index in [4.69, 9.17) is 9.47 Å². The van der Waals surface area contributed by atoms with Crippen molar-refractivity contribution in [2.24, 2.45) is 0 Å². The first-order chi connectivity index (χ1) is 12.8. The van der Waals surface area contributed by atoms with Gasteiger partial charge in [0.1, 0.15) is 0 Å². The van der Waals surface area contributed by atoms with E-state index >= 15 is 0 Å². The van der Waals surface area contributed by atoms with E-state index in [-0.39, 0.29) is 18.5 Å². The summed E-state index contributed by atoms with van der Waals surface area (Å²) in [5.41, 5.74) is 1.65. The van der Waals surface area contributed by atoms with Gasteiger partial charge in [0.2, 0.25) is 12.7 Å². The number of aromatic nitrogens is 3. The van der Waals surface area contributed by atoms with Crippen molar-refractivity contribution in [2.45, 2.75) is 18.6 Å². The van der Waals surface area contributed by atoms with Crippen LogP contribution in [0.25, 0.3) is 11.4 Å². The largest absolute Gasteiger partial charge is 0.454 e. The summed E-state index contributed by atoms with van der Waals surface area (Å²) in [4.78, 5) is 12.3. The molecule has 1 aliphatic heterocycles. The summed E-state index contributed by atoms with van der Waals surface area (Å²) in [6.07, 6.45) is 0. The van der Waals surface area contributed by atoms with Gasteiger partial charge in [-0.15, -0.1) is 10.2 Å². The molecule has 0 unspecified atom stereocenters. The summed E-state index contributed by atoms with van der Waals surface area (Å²) < 4.78 is 12.7. The number of nitrogens with zero attached hydrogens (tertiary/aromatic N) is 3. The minimum atomic E-state index is -0.137. The van der Waals surface area contributed by atoms with Gasteiger partial charge in [0.15, 0.2) is 22.5 Å². The van der Waals surface area contributed by atoms with Crippen LogP contribution >= 0.6 is 23.1 Å². The zero-order chi connectivity index (χ0) is 17.9. The molecule has 1 aliphatic rings. The fourth-order valence-electron chi connectivity index (χ4n) is 2.63. The molecule has 0 bridgehead atoms.